The van der Waals surface area contributed by atoms with Crippen molar-refractivity contribution in [1.82, 2.24) is 4.72 Å². The number of benzene rings is 1. The predicted octanol–water partition coefficient (Wildman–Crippen LogP) is 2.14. The third-order valence-corrected chi connectivity index (χ3v) is 4.05. The second kappa shape index (κ2) is 5.48. The molecule has 0 saturated heterocycles. The molecule has 16 heavy (non-hydrogen) atoms. The Morgan fingerprint density at radius 1 is 1.44 bits per heavy atom. The summed E-state index contributed by atoms with van der Waals surface area (Å²) in [4.78, 5) is 0.212. The molecule has 5 heteroatoms. The first-order chi connectivity index (χ1) is 7.49. The molecule has 0 aliphatic carbocycles. The fourth-order valence-corrected chi connectivity index (χ4v) is 2.61. The average molecular weight is 302 g/mol. The van der Waals surface area contributed by atoms with Crippen molar-refractivity contribution < 1.29 is 8.42 Å². The lowest BCUT2D eigenvalue weighted by Gasteiger charge is -2.11. The van der Waals surface area contributed by atoms with Crippen LogP contribution in [0.3, 0.4) is 0 Å². The van der Waals surface area contributed by atoms with Crippen molar-refractivity contribution in [3.8, 4) is 12.3 Å². The van der Waals surface area contributed by atoms with Crippen molar-refractivity contribution in [1.29, 1.82) is 0 Å². The van der Waals surface area contributed by atoms with Crippen LogP contribution < -0.4 is 4.72 Å². The molecule has 1 aromatic rings. The van der Waals surface area contributed by atoms with Crippen molar-refractivity contribution in [2.75, 3.05) is 0 Å². The summed E-state index contributed by atoms with van der Waals surface area (Å²) in [6.07, 6.45) is 5.77. The van der Waals surface area contributed by atoms with Gasteiger partial charge in [-0.05, 0) is 30.7 Å². The minimum Gasteiger partial charge on any atom is -0.207 e. The molecule has 1 N–H and O–H groups in total. The summed E-state index contributed by atoms with van der Waals surface area (Å²) < 4.78 is 27.0. The highest BCUT2D eigenvalue weighted by Crippen LogP contribution is 2.14. The number of halogens is 1. The number of hydrogen-bond donors (Lipinski definition) is 1. The molecular formula is C11H12BrNO2S. The maximum absolute atomic E-state index is 11.8. The first kappa shape index (κ1) is 13.2. The molecule has 0 spiro atoms. The molecule has 0 radical (unpaired) electrons. The third-order valence-electron chi connectivity index (χ3n) is 2.03. The van der Waals surface area contributed by atoms with Crippen LogP contribution in [-0.2, 0) is 10.0 Å². The Kier molecular flexibility index (Phi) is 4.54. The van der Waals surface area contributed by atoms with Gasteiger partial charge in [-0.25, -0.2) is 8.42 Å². The number of sulfonamides is 1. The topological polar surface area (TPSA) is 46.2 Å². The molecule has 3 nitrogen and oxygen atoms in total. The van der Waals surface area contributed by atoms with E-state index >= 15 is 0 Å². The van der Waals surface area contributed by atoms with Crippen molar-refractivity contribution in [3.05, 3.63) is 28.7 Å². The SMILES string of the molecule is C#CC(CC)NS(=O)(=O)c1ccc(Br)cc1. The second-order valence-corrected chi connectivity index (χ2v) is 5.83. The van der Waals surface area contributed by atoms with Gasteiger partial charge in [-0.2, -0.15) is 4.72 Å². The molecular weight excluding hydrogens is 290 g/mol. The summed E-state index contributed by atoms with van der Waals surface area (Å²) in [7, 11) is -3.51. The van der Waals surface area contributed by atoms with Gasteiger partial charge in [0, 0.05) is 4.47 Å². The summed E-state index contributed by atoms with van der Waals surface area (Å²) in [5.41, 5.74) is 0. The van der Waals surface area contributed by atoms with E-state index in [9.17, 15) is 8.42 Å². The maximum atomic E-state index is 11.8. The molecule has 1 aromatic carbocycles. The van der Waals surface area contributed by atoms with Crippen LogP contribution in [0.25, 0.3) is 0 Å². The molecule has 0 fully saturated rings. The quantitative estimate of drug-likeness (QED) is 0.866. The Balaban J connectivity index is 2.95. The Bertz CT molecular complexity index is 488. The smallest absolute Gasteiger partial charge is 0.207 e. The standard InChI is InChI=1S/C11H12BrNO2S/c1-3-10(4-2)13-16(14,15)11-7-5-9(12)6-8-11/h1,5-8,10,13H,4H2,2H3. The van der Waals surface area contributed by atoms with Gasteiger partial charge in [-0.3, -0.25) is 0 Å². The van der Waals surface area contributed by atoms with Gasteiger partial charge in [0.25, 0.3) is 0 Å². The van der Waals surface area contributed by atoms with E-state index in [2.05, 4.69) is 26.6 Å². The highest BCUT2D eigenvalue weighted by molar-refractivity contribution is 9.10. The molecule has 0 aliphatic rings. The van der Waals surface area contributed by atoms with Crippen LogP contribution in [-0.4, -0.2) is 14.5 Å². The van der Waals surface area contributed by atoms with Gasteiger partial charge < -0.3 is 0 Å². The molecule has 0 aromatic heterocycles. The minimum absolute atomic E-state index is 0.212. The highest BCUT2D eigenvalue weighted by atomic mass is 79.9. The minimum atomic E-state index is -3.51. The summed E-state index contributed by atoms with van der Waals surface area (Å²) >= 11 is 3.24. The summed E-state index contributed by atoms with van der Waals surface area (Å²) in [5, 5.41) is 0. The lowest BCUT2D eigenvalue weighted by molar-refractivity contribution is 0.570. The van der Waals surface area contributed by atoms with Crippen LogP contribution in [0.4, 0.5) is 0 Å². The first-order valence-electron chi connectivity index (χ1n) is 4.73. The normalized spacial score (nSPS) is 13.1. The molecule has 0 bridgehead atoms. The molecule has 86 valence electrons. The van der Waals surface area contributed by atoms with E-state index < -0.39 is 16.1 Å². The maximum Gasteiger partial charge on any atom is 0.241 e. The van der Waals surface area contributed by atoms with Gasteiger partial charge in [0.15, 0.2) is 0 Å². The largest absolute Gasteiger partial charge is 0.241 e. The van der Waals surface area contributed by atoms with E-state index in [1.807, 2.05) is 6.92 Å². The van der Waals surface area contributed by atoms with Crippen LogP contribution in [0.5, 0.6) is 0 Å². The first-order valence-corrected chi connectivity index (χ1v) is 7.01. The number of nitrogens with one attached hydrogen (secondary N) is 1. The van der Waals surface area contributed by atoms with Crippen molar-refractivity contribution >= 4 is 26.0 Å². The van der Waals surface area contributed by atoms with E-state index in [4.69, 9.17) is 6.42 Å². The van der Waals surface area contributed by atoms with Gasteiger partial charge in [0.05, 0.1) is 10.9 Å². The van der Waals surface area contributed by atoms with Crippen molar-refractivity contribution in [2.45, 2.75) is 24.3 Å². The number of rotatable bonds is 4. The molecule has 1 rings (SSSR count). The van der Waals surface area contributed by atoms with Crippen LogP contribution >= 0.6 is 15.9 Å². The fourth-order valence-electron chi connectivity index (χ4n) is 1.10. The number of hydrogen-bond acceptors (Lipinski definition) is 2. The predicted molar refractivity (Wildman–Crippen MR) is 67.4 cm³/mol. The Labute approximate surface area is 104 Å². The van der Waals surface area contributed by atoms with E-state index in [-0.39, 0.29) is 4.90 Å². The number of terminal acetylenes is 1. The van der Waals surface area contributed by atoms with Crippen LogP contribution in [0.1, 0.15) is 13.3 Å². The van der Waals surface area contributed by atoms with Gasteiger partial charge >= 0.3 is 0 Å². The molecule has 1 atom stereocenters. The van der Waals surface area contributed by atoms with E-state index in [0.29, 0.717) is 6.42 Å². The van der Waals surface area contributed by atoms with E-state index in [0.717, 1.165) is 4.47 Å². The summed E-state index contributed by atoms with van der Waals surface area (Å²) in [6, 6.07) is 5.93. The lowest BCUT2D eigenvalue weighted by atomic mass is 10.3. The van der Waals surface area contributed by atoms with Crippen LogP contribution in [0.15, 0.2) is 33.6 Å². The summed E-state index contributed by atoms with van der Waals surface area (Å²) in [6.45, 7) is 1.83. The molecule has 1 unspecified atom stereocenters. The van der Waals surface area contributed by atoms with E-state index in [1.165, 1.54) is 12.1 Å². The Morgan fingerprint density at radius 2 is 2.00 bits per heavy atom. The monoisotopic (exact) mass is 301 g/mol. The van der Waals surface area contributed by atoms with E-state index in [1.54, 1.807) is 12.1 Å². The van der Waals surface area contributed by atoms with Crippen molar-refractivity contribution in [3.63, 3.8) is 0 Å². The fraction of sp³-hybridized carbons (Fsp3) is 0.273. The van der Waals surface area contributed by atoms with Gasteiger partial charge in [-0.1, -0.05) is 28.8 Å². The molecule has 0 saturated carbocycles. The molecule has 0 heterocycles. The molecule has 0 aliphatic heterocycles. The van der Waals surface area contributed by atoms with Gasteiger partial charge in [0.1, 0.15) is 0 Å². The average Bonchev–Trinajstić information content (AvgIpc) is 2.26. The van der Waals surface area contributed by atoms with Crippen LogP contribution in [0.2, 0.25) is 0 Å². The zero-order chi connectivity index (χ0) is 12.2. The van der Waals surface area contributed by atoms with Gasteiger partial charge in [-0.15, -0.1) is 6.42 Å². The van der Waals surface area contributed by atoms with Crippen molar-refractivity contribution in [2.24, 2.45) is 0 Å². The lowest BCUT2D eigenvalue weighted by Crippen LogP contribution is -2.33. The van der Waals surface area contributed by atoms with Gasteiger partial charge in [0.2, 0.25) is 10.0 Å². The zero-order valence-corrected chi connectivity index (χ0v) is 11.2. The highest BCUT2D eigenvalue weighted by Gasteiger charge is 2.17. The van der Waals surface area contributed by atoms with Crippen LogP contribution in [0, 0.1) is 12.3 Å². The zero-order valence-electron chi connectivity index (χ0n) is 8.77. The molecule has 0 amide bonds. The summed E-state index contributed by atoms with van der Waals surface area (Å²) in [5.74, 6) is 2.39. The Hall–Kier alpha value is -0.830. The second-order valence-electron chi connectivity index (χ2n) is 3.20. The third kappa shape index (κ3) is 3.34. The Morgan fingerprint density at radius 3 is 2.44 bits per heavy atom.